The second-order valence-electron chi connectivity index (χ2n) is 5.09. The van der Waals surface area contributed by atoms with E-state index in [0.717, 1.165) is 0 Å². The van der Waals surface area contributed by atoms with E-state index in [1.807, 2.05) is 0 Å². The van der Waals surface area contributed by atoms with Crippen LogP contribution >= 0.6 is 11.6 Å². The number of aromatic nitrogens is 2. The number of nitrogens with zero attached hydrogens (tertiary/aromatic N) is 2. The first-order valence-electron chi connectivity index (χ1n) is 7.44. The lowest BCUT2D eigenvalue weighted by molar-refractivity contribution is 0.102. The fraction of sp³-hybridized carbons (Fsp3) is 0.0556. The summed E-state index contributed by atoms with van der Waals surface area (Å²) < 4.78 is 5.04. The van der Waals surface area contributed by atoms with Crippen molar-refractivity contribution in [1.82, 2.24) is 9.97 Å². The number of hydrogen-bond donors (Lipinski definition) is 2. The summed E-state index contributed by atoms with van der Waals surface area (Å²) >= 11 is 6.08. The number of carbonyl (C=O) groups is 1. The molecule has 0 aliphatic carbocycles. The average Bonchev–Trinajstić information content (AvgIpc) is 2.63. The van der Waals surface area contributed by atoms with Gasteiger partial charge in [0, 0.05) is 29.2 Å². The van der Waals surface area contributed by atoms with Crippen LogP contribution in [0.2, 0.25) is 5.02 Å². The standard InChI is InChI=1S/C18H15ClN4O2/c1-25-17-5-3-14(11-21-17)22-16-10-12(19)2-4-15(16)18(24)23-13-6-8-20-9-7-13/h2-11,22H,1H3,(H,20,23,24). The van der Waals surface area contributed by atoms with Gasteiger partial charge in [-0.15, -0.1) is 0 Å². The van der Waals surface area contributed by atoms with Crippen LogP contribution in [0.15, 0.2) is 61.1 Å². The smallest absolute Gasteiger partial charge is 0.257 e. The molecule has 2 aromatic heterocycles. The minimum absolute atomic E-state index is 0.258. The molecule has 0 saturated carbocycles. The van der Waals surface area contributed by atoms with E-state index in [9.17, 15) is 4.79 Å². The van der Waals surface area contributed by atoms with Gasteiger partial charge in [0.05, 0.1) is 30.2 Å². The third-order valence-electron chi connectivity index (χ3n) is 3.39. The van der Waals surface area contributed by atoms with E-state index in [0.29, 0.717) is 33.5 Å². The van der Waals surface area contributed by atoms with Gasteiger partial charge in [-0.05, 0) is 36.4 Å². The lowest BCUT2D eigenvalue weighted by Gasteiger charge is -2.13. The Morgan fingerprint density at radius 2 is 1.88 bits per heavy atom. The molecule has 2 heterocycles. The summed E-state index contributed by atoms with van der Waals surface area (Å²) in [4.78, 5) is 20.6. The van der Waals surface area contributed by atoms with Crippen LogP contribution in [0.5, 0.6) is 5.88 Å². The predicted octanol–water partition coefficient (Wildman–Crippen LogP) is 4.13. The number of benzene rings is 1. The zero-order chi connectivity index (χ0) is 17.6. The summed E-state index contributed by atoms with van der Waals surface area (Å²) in [7, 11) is 1.55. The minimum atomic E-state index is -0.258. The zero-order valence-corrected chi connectivity index (χ0v) is 14.1. The summed E-state index contributed by atoms with van der Waals surface area (Å²) in [6.45, 7) is 0. The Morgan fingerprint density at radius 3 is 2.56 bits per heavy atom. The maximum absolute atomic E-state index is 12.6. The van der Waals surface area contributed by atoms with Crippen LogP contribution in [0.1, 0.15) is 10.4 Å². The van der Waals surface area contributed by atoms with E-state index < -0.39 is 0 Å². The molecular formula is C18H15ClN4O2. The molecule has 1 aromatic carbocycles. The molecule has 0 radical (unpaired) electrons. The lowest BCUT2D eigenvalue weighted by atomic mass is 10.1. The molecule has 0 unspecified atom stereocenters. The number of pyridine rings is 2. The predicted molar refractivity (Wildman–Crippen MR) is 97.7 cm³/mol. The Hall–Kier alpha value is -3.12. The molecule has 1 amide bonds. The molecule has 0 aliphatic rings. The van der Waals surface area contributed by atoms with Crippen molar-refractivity contribution >= 4 is 34.6 Å². The van der Waals surface area contributed by atoms with Gasteiger partial charge in [-0.2, -0.15) is 0 Å². The Morgan fingerprint density at radius 1 is 1.08 bits per heavy atom. The molecule has 7 heteroatoms. The second kappa shape index (κ2) is 7.63. The molecule has 0 fully saturated rings. The molecule has 0 bridgehead atoms. The molecule has 2 N–H and O–H groups in total. The van der Waals surface area contributed by atoms with Gasteiger partial charge in [0.15, 0.2) is 0 Å². The molecule has 0 saturated heterocycles. The number of ether oxygens (including phenoxy) is 1. The van der Waals surface area contributed by atoms with E-state index in [1.165, 1.54) is 0 Å². The number of anilines is 3. The maximum atomic E-state index is 12.6. The van der Waals surface area contributed by atoms with Crippen molar-refractivity contribution in [1.29, 1.82) is 0 Å². The van der Waals surface area contributed by atoms with Crippen molar-refractivity contribution in [3.05, 3.63) is 71.6 Å². The monoisotopic (exact) mass is 354 g/mol. The second-order valence-corrected chi connectivity index (χ2v) is 5.53. The van der Waals surface area contributed by atoms with Gasteiger partial charge in [0.2, 0.25) is 5.88 Å². The topological polar surface area (TPSA) is 76.1 Å². The highest BCUT2D eigenvalue weighted by Crippen LogP contribution is 2.26. The Balaban J connectivity index is 1.85. The van der Waals surface area contributed by atoms with Gasteiger partial charge in [-0.3, -0.25) is 9.78 Å². The molecule has 3 rings (SSSR count). The fourth-order valence-electron chi connectivity index (χ4n) is 2.18. The summed E-state index contributed by atoms with van der Waals surface area (Å²) in [5, 5.41) is 6.50. The first-order valence-corrected chi connectivity index (χ1v) is 7.81. The van der Waals surface area contributed by atoms with Gasteiger partial charge >= 0.3 is 0 Å². The van der Waals surface area contributed by atoms with E-state index >= 15 is 0 Å². The number of hydrogen-bond acceptors (Lipinski definition) is 5. The molecule has 6 nitrogen and oxygen atoms in total. The van der Waals surface area contributed by atoms with Gasteiger partial charge in [-0.1, -0.05) is 11.6 Å². The number of nitrogens with one attached hydrogen (secondary N) is 2. The van der Waals surface area contributed by atoms with Crippen molar-refractivity contribution in [2.45, 2.75) is 0 Å². The minimum Gasteiger partial charge on any atom is -0.481 e. The normalized spacial score (nSPS) is 10.2. The maximum Gasteiger partial charge on any atom is 0.257 e. The van der Waals surface area contributed by atoms with Crippen LogP contribution in [-0.2, 0) is 0 Å². The third-order valence-corrected chi connectivity index (χ3v) is 3.62. The highest BCUT2D eigenvalue weighted by molar-refractivity contribution is 6.31. The summed E-state index contributed by atoms with van der Waals surface area (Å²) in [6.07, 6.45) is 4.84. The summed E-state index contributed by atoms with van der Waals surface area (Å²) in [5.74, 6) is 0.249. The zero-order valence-electron chi connectivity index (χ0n) is 13.4. The van der Waals surface area contributed by atoms with E-state index in [4.69, 9.17) is 16.3 Å². The Bertz CT molecular complexity index is 870. The Labute approximate surface area is 149 Å². The highest BCUT2D eigenvalue weighted by atomic mass is 35.5. The number of halogens is 1. The number of rotatable bonds is 5. The third kappa shape index (κ3) is 4.24. The quantitative estimate of drug-likeness (QED) is 0.720. The fourth-order valence-corrected chi connectivity index (χ4v) is 2.35. The van der Waals surface area contributed by atoms with Gasteiger partial charge in [-0.25, -0.2) is 4.98 Å². The lowest BCUT2D eigenvalue weighted by Crippen LogP contribution is -2.14. The van der Waals surface area contributed by atoms with Crippen LogP contribution in [0.4, 0.5) is 17.1 Å². The van der Waals surface area contributed by atoms with E-state index in [1.54, 1.807) is 68.2 Å². The number of methoxy groups -OCH3 is 1. The van der Waals surface area contributed by atoms with Crippen molar-refractivity contribution in [3.8, 4) is 5.88 Å². The average molecular weight is 355 g/mol. The molecule has 25 heavy (non-hydrogen) atoms. The number of carbonyl (C=O) groups excluding carboxylic acids is 1. The van der Waals surface area contributed by atoms with Crippen molar-refractivity contribution in [3.63, 3.8) is 0 Å². The first-order chi connectivity index (χ1) is 12.2. The van der Waals surface area contributed by atoms with Crippen LogP contribution in [0.3, 0.4) is 0 Å². The van der Waals surface area contributed by atoms with Crippen LogP contribution in [0, 0.1) is 0 Å². The molecule has 0 aliphatic heterocycles. The molecule has 0 atom stereocenters. The highest BCUT2D eigenvalue weighted by Gasteiger charge is 2.13. The van der Waals surface area contributed by atoms with Gasteiger partial charge < -0.3 is 15.4 Å². The van der Waals surface area contributed by atoms with Crippen molar-refractivity contribution < 1.29 is 9.53 Å². The van der Waals surface area contributed by atoms with Crippen LogP contribution in [0.25, 0.3) is 0 Å². The van der Waals surface area contributed by atoms with Crippen LogP contribution < -0.4 is 15.4 Å². The Kier molecular flexibility index (Phi) is 5.11. The van der Waals surface area contributed by atoms with Gasteiger partial charge in [0.1, 0.15) is 0 Å². The van der Waals surface area contributed by atoms with E-state index in [-0.39, 0.29) is 5.91 Å². The van der Waals surface area contributed by atoms with E-state index in [2.05, 4.69) is 20.6 Å². The van der Waals surface area contributed by atoms with Crippen molar-refractivity contribution in [2.75, 3.05) is 17.7 Å². The summed E-state index contributed by atoms with van der Waals surface area (Å²) in [6, 6.07) is 12.0. The van der Waals surface area contributed by atoms with Crippen molar-refractivity contribution in [2.24, 2.45) is 0 Å². The first kappa shape index (κ1) is 16.7. The van der Waals surface area contributed by atoms with Gasteiger partial charge in [0.25, 0.3) is 5.91 Å². The largest absolute Gasteiger partial charge is 0.481 e. The van der Waals surface area contributed by atoms with Crippen LogP contribution in [-0.4, -0.2) is 23.0 Å². The number of amides is 1. The SMILES string of the molecule is COc1ccc(Nc2cc(Cl)ccc2C(=O)Nc2ccncc2)cn1. The molecule has 0 spiro atoms. The molecule has 3 aromatic rings. The molecular weight excluding hydrogens is 340 g/mol. The molecule has 126 valence electrons. The summed E-state index contributed by atoms with van der Waals surface area (Å²) in [5.41, 5.74) is 2.40.